The first kappa shape index (κ1) is 9.22. The summed E-state index contributed by atoms with van der Waals surface area (Å²) < 4.78 is 0. The second kappa shape index (κ2) is 3.43. The molecule has 1 aliphatic heterocycles. The van der Waals surface area contributed by atoms with Gasteiger partial charge in [-0.25, -0.2) is 0 Å². The second-order valence-electron chi connectivity index (χ2n) is 4.12. The summed E-state index contributed by atoms with van der Waals surface area (Å²) in [6.07, 6.45) is 1.26. The van der Waals surface area contributed by atoms with Crippen LogP contribution in [0.5, 0.6) is 0 Å². The molecule has 1 aliphatic rings. The van der Waals surface area contributed by atoms with Crippen LogP contribution in [0.25, 0.3) is 0 Å². The molecule has 0 unspecified atom stereocenters. The van der Waals surface area contributed by atoms with Gasteiger partial charge in [-0.2, -0.15) is 0 Å². The molecule has 13 heavy (non-hydrogen) atoms. The van der Waals surface area contributed by atoms with Crippen molar-refractivity contribution in [3.63, 3.8) is 0 Å². The molecule has 0 atom stereocenters. The van der Waals surface area contributed by atoms with E-state index >= 15 is 0 Å². The Balaban J connectivity index is 2.19. The van der Waals surface area contributed by atoms with Crippen molar-refractivity contribution in [3.05, 3.63) is 21.4 Å². The molecule has 0 saturated carbocycles. The number of aryl methyl sites for hydroxylation is 1. The summed E-state index contributed by atoms with van der Waals surface area (Å²) in [5, 5.41) is 0. The van der Waals surface area contributed by atoms with E-state index in [1.54, 1.807) is 10.4 Å². The Morgan fingerprint density at radius 1 is 1.46 bits per heavy atom. The van der Waals surface area contributed by atoms with E-state index < -0.39 is 0 Å². The number of hydrogen-bond donors (Lipinski definition) is 0. The van der Waals surface area contributed by atoms with Crippen molar-refractivity contribution in [1.82, 2.24) is 4.90 Å². The van der Waals surface area contributed by atoms with Crippen molar-refractivity contribution in [2.45, 2.75) is 39.8 Å². The van der Waals surface area contributed by atoms with Gasteiger partial charge < -0.3 is 0 Å². The predicted molar refractivity (Wildman–Crippen MR) is 58.3 cm³/mol. The molecular formula is C11H17NS. The Kier molecular flexibility index (Phi) is 2.43. The molecule has 0 saturated heterocycles. The lowest BCUT2D eigenvalue weighted by molar-refractivity contribution is 0.205. The van der Waals surface area contributed by atoms with Gasteiger partial charge in [0, 0.05) is 28.9 Å². The first-order valence-corrected chi connectivity index (χ1v) is 5.80. The average molecular weight is 195 g/mol. The third-order valence-corrected chi connectivity index (χ3v) is 3.90. The fourth-order valence-corrected chi connectivity index (χ4v) is 2.98. The van der Waals surface area contributed by atoms with Crippen LogP contribution >= 0.6 is 11.3 Å². The number of hydrogen-bond acceptors (Lipinski definition) is 2. The molecule has 1 aromatic rings. The molecule has 2 heteroatoms. The molecule has 72 valence electrons. The Labute approximate surface area is 84.4 Å². The summed E-state index contributed by atoms with van der Waals surface area (Å²) in [6, 6.07) is 3.04. The highest BCUT2D eigenvalue weighted by molar-refractivity contribution is 7.12. The lowest BCUT2D eigenvalue weighted by atomic mass is 10.1. The summed E-state index contributed by atoms with van der Waals surface area (Å²) in [6.45, 7) is 9.18. The van der Waals surface area contributed by atoms with Crippen LogP contribution in [0.15, 0.2) is 6.07 Å². The maximum absolute atomic E-state index is 2.55. The molecule has 1 nitrogen and oxygen atoms in total. The molecule has 0 fully saturated rings. The highest BCUT2D eigenvalue weighted by Crippen LogP contribution is 2.28. The Bertz CT molecular complexity index is 301. The molecular weight excluding hydrogens is 178 g/mol. The summed E-state index contributed by atoms with van der Waals surface area (Å²) in [5.74, 6) is 0. The van der Waals surface area contributed by atoms with Crippen LogP contribution < -0.4 is 0 Å². The summed E-state index contributed by atoms with van der Waals surface area (Å²) in [5.41, 5.74) is 1.57. The first-order chi connectivity index (χ1) is 6.16. The van der Waals surface area contributed by atoms with Crippen LogP contribution in [0.3, 0.4) is 0 Å². The highest BCUT2D eigenvalue weighted by Gasteiger charge is 2.19. The molecule has 0 radical (unpaired) electrons. The van der Waals surface area contributed by atoms with Crippen molar-refractivity contribution in [3.8, 4) is 0 Å². The van der Waals surface area contributed by atoms with Crippen LogP contribution in [0.1, 0.15) is 29.2 Å². The van der Waals surface area contributed by atoms with E-state index in [0.29, 0.717) is 6.04 Å². The van der Waals surface area contributed by atoms with Gasteiger partial charge in [0.2, 0.25) is 0 Å². The van der Waals surface area contributed by atoms with Crippen LogP contribution in [0.2, 0.25) is 0 Å². The molecule has 0 bridgehead atoms. The van der Waals surface area contributed by atoms with E-state index in [9.17, 15) is 0 Å². The molecule has 1 aromatic heterocycles. The van der Waals surface area contributed by atoms with Crippen LogP contribution in [0, 0.1) is 6.92 Å². The fraction of sp³-hybridized carbons (Fsp3) is 0.636. The van der Waals surface area contributed by atoms with Crippen molar-refractivity contribution in [1.29, 1.82) is 0 Å². The molecule has 0 aliphatic carbocycles. The fourth-order valence-electron chi connectivity index (χ4n) is 1.94. The molecule has 0 amide bonds. The van der Waals surface area contributed by atoms with Gasteiger partial charge >= 0.3 is 0 Å². The zero-order valence-electron chi connectivity index (χ0n) is 8.63. The molecule has 0 N–H and O–H groups in total. The third-order valence-electron chi connectivity index (χ3n) is 2.75. The Hall–Kier alpha value is -0.340. The van der Waals surface area contributed by atoms with E-state index in [2.05, 4.69) is 31.7 Å². The smallest absolute Gasteiger partial charge is 0.0247 e. The molecule has 0 aromatic carbocycles. The van der Waals surface area contributed by atoms with Crippen molar-refractivity contribution in [2.24, 2.45) is 0 Å². The van der Waals surface area contributed by atoms with Crippen LogP contribution in [-0.4, -0.2) is 17.5 Å². The van der Waals surface area contributed by atoms with Crippen LogP contribution in [-0.2, 0) is 13.0 Å². The van der Waals surface area contributed by atoms with Crippen LogP contribution in [0.4, 0.5) is 0 Å². The minimum Gasteiger partial charge on any atom is -0.296 e. The zero-order valence-corrected chi connectivity index (χ0v) is 9.45. The van der Waals surface area contributed by atoms with Crippen molar-refractivity contribution < 1.29 is 0 Å². The number of thiophene rings is 1. The zero-order chi connectivity index (χ0) is 9.42. The standard InChI is InChI=1S/C11H17NS/c1-8(2)12-5-4-11-10(7-12)6-9(3)13-11/h6,8H,4-5,7H2,1-3H3. The van der Waals surface area contributed by atoms with Gasteiger partial charge in [-0.3, -0.25) is 4.90 Å². The van der Waals surface area contributed by atoms with E-state index in [-0.39, 0.29) is 0 Å². The van der Waals surface area contributed by atoms with Gasteiger partial charge in [-0.05, 0) is 38.8 Å². The maximum Gasteiger partial charge on any atom is 0.0247 e. The third kappa shape index (κ3) is 1.79. The summed E-state index contributed by atoms with van der Waals surface area (Å²) in [4.78, 5) is 5.64. The highest BCUT2D eigenvalue weighted by atomic mass is 32.1. The lowest BCUT2D eigenvalue weighted by Crippen LogP contribution is -2.35. The van der Waals surface area contributed by atoms with Gasteiger partial charge in [-0.15, -0.1) is 11.3 Å². The monoisotopic (exact) mass is 195 g/mol. The first-order valence-electron chi connectivity index (χ1n) is 4.99. The van der Waals surface area contributed by atoms with E-state index in [0.717, 1.165) is 6.54 Å². The van der Waals surface area contributed by atoms with Gasteiger partial charge in [0.05, 0.1) is 0 Å². The van der Waals surface area contributed by atoms with Crippen molar-refractivity contribution in [2.75, 3.05) is 6.54 Å². The summed E-state index contributed by atoms with van der Waals surface area (Å²) in [7, 11) is 0. The Morgan fingerprint density at radius 2 is 2.23 bits per heavy atom. The summed E-state index contributed by atoms with van der Waals surface area (Å²) >= 11 is 1.98. The van der Waals surface area contributed by atoms with E-state index in [1.807, 2.05) is 11.3 Å². The predicted octanol–water partition coefficient (Wildman–Crippen LogP) is 2.82. The largest absolute Gasteiger partial charge is 0.296 e. The van der Waals surface area contributed by atoms with E-state index in [4.69, 9.17) is 0 Å². The van der Waals surface area contributed by atoms with Gasteiger partial charge in [-0.1, -0.05) is 0 Å². The average Bonchev–Trinajstić information content (AvgIpc) is 2.42. The SMILES string of the molecule is Cc1cc2c(s1)CCN(C(C)C)C2. The number of rotatable bonds is 1. The topological polar surface area (TPSA) is 3.24 Å². The minimum absolute atomic E-state index is 0.688. The molecule has 2 heterocycles. The van der Waals surface area contributed by atoms with Crippen molar-refractivity contribution >= 4 is 11.3 Å². The lowest BCUT2D eigenvalue weighted by Gasteiger charge is -2.30. The quantitative estimate of drug-likeness (QED) is 0.666. The van der Waals surface area contributed by atoms with Gasteiger partial charge in [0.25, 0.3) is 0 Å². The normalized spacial score (nSPS) is 17.8. The maximum atomic E-state index is 2.55. The minimum atomic E-state index is 0.688. The number of nitrogens with zero attached hydrogens (tertiary/aromatic N) is 1. The number of fused-ring (bicyclic) bond motifs is 1. The van der Waals surface area contributed by atoms with Gasteiger partial charge in [0.15, 0.2) is 0 Å². The molecule has 2 rings (SSSR count). The molecule has 0 spiro atoms. The van der Waals surface area contributed by atoms with Gasteiger partial charge in [0.1, 0.15) is 0 Å². The second-order valence-corrected chi connectivity index (χ2v) is 5.46. The van der Waals surface area contributed by atoms with E-state index in [1.165, 1.54) is 17.8 Å². The Morgan fingerprint density at radius 3 is 2.92 bits per heavy atom.